The maximum atomic E-state index is 13.7. The molecule has 2 N–H and O–H groups in total. The van der Waals surface area contributed by atoms with E-state index in [1.54, 1.807) is 19.2 Å². The van der Waals surface area contributed by atoms with Crippen molar-refractivity contribution in [3.8, 4) is 22.5 Å². The highest BCUT2D eigenvalue weighted by molar-refractivity contribution is 6.13. The fraction of sp³-hybridized carbons (Fsp3) is 0.278. The minimum atomic E-state index is -0.348. The standard InChI is InChI=1S/C36H37FN4O2/c1-5-22-9-11-23-17-18-39-35(40-30(23)16-10-22)26-8-6-7-25(19-26)28-20-29-32(21-31(28)41(3)4)43-34(33(29)36(42)38-2)24-12-14-27(37)15-13-24/h6-8,10,12-16,19-22H,5,9,11,17-18H2,1-4H3,(H,38,42)(H,39,40). The number of nitrogens with zero attached hydrogens (tertiary/aromatic N) is 2. The van der Waals surface area contributed by atoms with Crippen LogP contribution < -0.4 is 15.5 Å². The van der Waals surface area contributed by atoms with Gasteiger partial charge in [0.15, 0.2) is 0 Å². The van der Waals surface area contributed by atoms with Gasteiger partial charge in [0.2, 0.25) is 0 Å². The average molecular weight is 577 g/mol. The van der Waals surface area contributed by atoms with Crippen LogP contribution in [0.3, 0.4) is 0 Å². The van der Waals surface area contributed by atoms with Gasteiger partial charge in [-0.05, 0) is 85.2 Å². The first-order valence-corrected chi connectivity index (χ1v) is 14.9. The number of anilines is 1. The molecule has 0 bridgehead atoms. The number of hydrogen-bond acceptors (Lipinski definition) is 5. The summed E-state index contributed by atoms with van der Waals surface area (Å²) in [7, 11) is 5.58. The molecule has 1 unspecified atom stereocenters. The number of nitrogens with one attached hydrogen (secondary N) is 2. The van der Waals surface area contributed by atoms with E-state index < -0.39 is 0 Å². The van der Waals surface area contributed by atoms with Crippen molar-refractivity contribution in [1.82, 2.24) is 10.6 Å². The molecule has 1 atom stereocenters. The lowest BCUT2D eigenvalue weighted by atomic mass is 9.96. The van der Waals surface area contributed by atoms with Crippen molar-refractivity contribution in [3.63, 3.8) is 0 Å². The molecule has 2 heterocycles. The molecule has 6 rings (SSSR count). The molecule has 3 aromatic carbocycles. The largest absolute Gasteiger partial charge is 0.455 e. The number of amides is 1. The van der Waals surface area contributed by atoms with Crippen molar-refractivity contribution in [1.29, 1.82) is 0 Å². The zero-order valence-electron chi connectivity index (χ0n) is 25.1. The summed E-state index contributed by atoms with van der Waals surface area (Å²) in [6, 6.07) is 18.4. The summed E-state index contributed by atoms with van der Waals surface area (Å²) in [6.07, 6.45) is 8.99. The topological polar surface area (TPSA) is 69.9 Å². The van der Waals surface area contributed by atoms with Gasteiger partial charge in [-0.25, -0.2) is 4.39 Å². The van der Waals surface area contributed by atoms with Crippen molar-refractivity contribution >= 4 is 28.4 Å². The zero-order chi connectivity index (χ0) is 30.1. The second kappa shape index (κ2) is 11.9. The van der Waals surface area contributed by atoms with E-state index in [0.717, 1.165) is 54.0 Å². The summed E-state index contributed by atoms with van der Waals surface area (Å²) in [6.45, 7) is 3.00. The average Bonchev–Trinajstić information content (AvgIpc) is 3.13. The molecular formula is C36H37FN4O2. The Morgan fingerprint density at radius 3 is 2.60 bits per heavy atom. The number of carbonyl (C=O) groups excluding carboxylic acids is 1. The number of aliphatic imine (C=N–C) groups is 1. The first-order valence-electron chi connectivity index (χ1n) is 14.9. The Morgan fingerprint density at radius 1 is 1.07 bits per heavy atom. The Morgan fingerprint density at radius 2 is 1.86 bits per heavy atom. The Bertz CT molecular complexity index is 1780. The molecule has 43 heavy (non-hydrogen) atoms. The Balaban J connectivity index is 1.45. The second-order valence-corrected chi connectivity index (χ2v) is 11.4. The first-order chi connectivity index (χ1) is 20.9. The quantitative estimate of drug-likeness (QED) is 0.247. The molecule has 2 aliphatic rings. The lowest BCUT2D eigenvalue weighted by molar-refractivity contribution is 0.0964. The van der Waals surface area contributed by atoms with E-state index in [1.165, 1.54) is 29.8 Å². The highest BCUT2D eigenvalue weighted by Gasteiger charge is 2.24. The normalized spacial score (nSPS) is 16.7. The van der Waals surface area contributed by atoms with Crippen molar-refractivity contribution < 1.29 is 13.6 Å². The van der Waals surface area contributed by atoms with E-state index in [-0.39, 0.29) is 11.7 Å². The van der Waals surface area contributed by atoms with Gasteiger partial charge in [0.05, 0.1) is 5.56 Å². The number of benzene rings is 3. The number of carbonyl (C=O) groups is 1. The van der Waals surface area contributed by atoms with Crippen LogP contribution >= 0.6 is 0 Å². The zero-order valence-corrected chi connectivity index (χ0v) is 25.1. The third-order valence-electron chi connectivity index (χ3n) is 8.49. The number of rotatable bonds is 6. The molecule has 0 fully saturated rings. The van der Waals surface area contributed by atoms with Gasteiger partial charge in [-0.2, -0.15) is 0 Å². The van der Waals surface area contributed by atoms with Gasteiger partial charge in [0, 0.05) is 67.2 Å². The van der Waals surface area contributed by atoms with Crippen LogP contribution in [-0.2, 0) is 0 Å². The lowest BCUT2D eigenvalue weighted by Gasteiger charge is -2.19. The van der Waals surface area contributed by atoms with Gasteiger partial charge in [0.25, 0.3) is 5.91 Å². The molecule has 1 aliphatic carbocycles. The highest BCUT2D eigenvalue weighted by atomic mass is 19.1. The molecule has 1 aromatic heterocycles. The molecule has 1 aliphatic heterocycles. The Labute approximate surface area is 252 Å². The SMILES string of the molecule is CCC1C=CC2=C(CCN=C(c3cccc(-c4cc5c(C(=O)NC)c(-c6ccc(F)cc6)oc5cc4N(C)C)c3)N2)CC1. The Kier molecular flexibility index (Phi) is 7.89. The summed E-state index contributed by atoms with van der Waals surface area (Å²) >= 11 is 0. The van der Waals surface area contributed by atoms with E-state index in [2.05, 4.69) is 47.9 Å². The van der Waals surface area contributed by atoms with Crippen molar-refractivity contribution in [2.75, 3.05) is 32.6 Å². The molecule has 1 amide bonds. The van der Waals surface area contributed by atoms with Crippen LogP contribution in [0.4, 0.5) is 10.1 Å². The van der Waals surface area contributed by atoms with Gasteiger partial charge < -0.3 is 20.0 Å². The van der Waals surface area contributed by atoms with E-state index >= 15 is 0 Å². The van der Waals surface area contributed by atoms with Gasteiger partial charge in [-0.1, -0.05) is 31.2 Å². The van der Waals surface area contributed by atoms with E-state index in [4.69, 9.17) is 9.41 Å². The van der Waals surface area contributed by atoms with Crippen LogP contribution in [0.15, 0.2) is 93.5 Å². The smallest absolute Gasteiger partial charge is 0.255 e. The number of hydrogen-bond donors (Lipinski definition) is 2. The molecule has 0 radical (unpaired) electrons. The van der Waals surface area contributed by atoms with Gasteiger partial charge in [-0.15, -0.1) is 0 Å². The van der Waals surface area contributed by atoms with Gasteiger partial charge >= 0.3 is 0 Å². The van der Waals surface area contributed by atoms with Crippen LogP contribution in [-0.4, -0.2) is 39.4 Å². The fourth-order valence-corrected chi connectivity index (χ4v) is 6.03. The molecular weight excluding hydrogens is 539 g/mol. The predicted octanol–water partition coefficient (Wildman–Crippen LogP) is 7.70. The van der Waals surface area contributed by atoms with Crippen LogP contribution in [0.5, 0.6) is 0 Å². The predicted molar refractivity (Wildman–Crippen MR) is 173 cm³/mol. The third kappa shape index (κ3) is 5.59. The highest BCUT2D eigenvalue weighted by Crippen LogP contribution is 2.41. The number of allylic oxidation sites excluding steroid dienone is 2. The molecule has 0 saturated heterocycles. The molecule has 4 aromatic rings. The van der Waals surface area contributed by atoms with Crippen molar-refractivity contribution in [2.24, 2.45) is 10.9 Å². The lowest BCUT2D eigenvalue weighted by Crippen LogP contribution is -2.23. The Hall–Kier alpha value is -4.65. The maximum absolute atomic E-state index is 13.7. The van der Waals surface area contributed by atoms with Crippen LogP contribution in [0.2, 0.25) is 0 Å². The van der Waals surface area contributed by atoms with E-state index in [1.807, 2.05) is 37.2 Å². The maximum Gasteiger partial charge on any atom is 0.255 e. The minimum absolute atomic E-state index is 0.266. The number of furan rings is 1. The molecule has 0 spiro atoms. The second-order valence-electron chi connectivity index (χ2n) is 11.4. The monoisotopic (exact) mass is 576 g/mol. The molecule has 6 nitrogen and oxygen atoms in total. The van der Waals surface area contributed by atoms with Crippen molar-refractivity contribution in [3.05, 3.63) is 101 Å². The number of amidine groups is 1. The fourth-order valence-electron chi connectivity index (χ4n) is 6.03. The summed E-state index contributed by atoms with van der Waals surface area (Å²) < 4.78 is 20.0. The van der Waals surface area contributed by atoms with Crippen LogP contribution in [0, 0.1) is 11.7 Å². The van der Waals surface area contributed by atoms with E-state index in [0.29, 0.717) is 33.8 Å². The van der Waals surface area contributed by atoms with E-state index in [9.17, 15) is 9.18 Å². The summed E-state index contributed by atoms with van der Waals surface area (Å²) in [5.74, 6) is 1.28. The molecule has 0 saturated carbocycles. The van der Waals surface area contributed by atoms with Crippen LogP contribution in [0.25, 0.3) is 33.4 Å². The summed E-state index contributed by atoms with van der Waals surface area (Å²) in [5, 5.41) is 7.10. The summed E-state index contributed by atoms with van der Waals surface area (Å²) in [5.41, 5.74) is 8.18. The van der Waals surface area contributed by atoms with Crippen molar-refractivity contribution in [2.45, 2.75) is 32.6 Å². The third-order valence-corrected chi connectivity index (χ3v) is 8.49. The van der Waals surface area contributed by atoms with Crippen LogP contribution in [0.1, 0.15) is 48.5 Å². The summed E-state index contributed by atoms with van der Waals surface area (Å²) in [4.78, 5) is 20.2. The molecule has 220 valence electrons. The van der Waals surface area contributed by atoms with Gasteiger partial charge in [0.1, 0.15) is 23.0 Å². The first kappa shape index (κ1) is 28.5. The minimum Gasteiger partial charge on any atom is -0.455 e. The number of fused-ring (bicyclic) bond motifs is 1. The molecule has 7 heteroatoms. The number of halogens is 1. The van der Waals surface area contributed by atoms with Gasteiger partial charge in [-0.3, -0.25) is 9.79 Å².